The maximum atomic E-state index is 13.1. The highest BCUT2D eigenvalue weighted by Gasteiger charge is 2.35. The number of carbonyl (C=O) groups excluding carboxylic acids is 3. The molecule has 1 aliphatic rings. The predicted octanol–water partition coefficient (Wildman–Crippen LogP) is 3.87. The molecule has 1 saturated heterocycles. The monoisotopic (exact) mass is 455 g/mol. The van der Waals surface area contributed by atoms with Crippen LogP contribution in [0.25, 0.3) is 0 Å². The molecular formula is C25H33N3O3S. The third-order valence-corrected chi connectivity index (χ3v) is 7.12. The van der Waals surface area contributed by atoms with Crippen molar-refractivity contribution < 1.29 is 14.4 Å². The second kappa shape index (κ2) is 10.8. The standard InChI is InChI=1S/C25H33N3O3S/c1-16(2)18(4)26-24(30)22(27-23(29)21-9-6-14-32-21)19-10-12-28(13-11-19)25(31)20-8-5-7-17(3)15-20/h5-9,14-16,18-19,22H,10-13H2,1-4H3,(H,26,30)(H,27,29)/t18-,22-/m1/s1. The quantitative estimate of drug-likeness (QED) is 0.665. The molecule has 3 amide bonds. The molecule has 3 rings (SSSR count). The van der Waals surface area contributed by atoms with Gasteiger partial charge in [-0.25, -0.2) is 0 Å². The lowest BCUT2D eigenvalue weighted by molar-refractivity contribution is -0.125. The smallest absolute Gasteiger partial charge is 0.262 e. The molecule has 32 heavy (non-hydrogen) atoms. The number of nitrogens with zero attached hydrogens (tertiary/aromatic N) is 1. The van der Waals surface area contributed by atoms with Gasteiger partial charge in [0.1, 0.15) is 6.04 Å². The van der Waals surface area contributed by atoms with Crippen LogP contribution in [-0.2, 0) is 4.79 Å². The molecule has 2 atom stereocenters. The summed E-state index contributed by atoms with van der Waals surface area (Å²) in [6.45, 7) is 9.19. The van der Waals surface area contributed by atoms with Crippen molar-refractivity contribution in [2.24, 2.45) is 11.8 Å². The van der Waals surface area contributed by atoms with Crippen LogP contribution in [0, 0.1) is 18.8 Å². The van der Waals surface area contributed by atoms with Crippen molar-refractivity contribution in [2.75, 3.05) is 13.1 Å². The van der Waals surface area contributed by atoms with Gasteiger partial charge in [-0.15, -0.1) is 11.3 Å². The molecule has 0 spiro atoms. The van der Waals surface area contributed by atoms with Crippen molar-refractivity contribution in [3.05, 3.63) is 57.8 Å². The Labute approximate surface area is 194 Å². The van der Waals surface area contributed by atoms with E-state index in [1.165, 1.54) is 11.3 Å². The number of hydrogen-bond donors (Lipinski definition) is 2. The van der Waals surface area contributed by atoms with E-state index in [0.717, 1.165) is 5.56 Å². The summed E-state index contributed by atoms with van der Waals surface area (Å²) in [6.07, 6.45) is 1.33. The van der Waals surface area contributed by atoms with Crippen molar-refractivity contribution >= 4 is 29.1 Å². The number of amides is 3. The molecule has 172 valence electrons. The summed E-state index contributed by atoms with van der Waals surface area (Å²) in [7, 11) is 0. The van der Waals surface area contributed by atoms with Gasteiger partial charge in [0.05, 0.1) is 4.88 Å². The fourth-order valence-electron chi connectivity index (χ4n) is 3.89. The summed E-state index contributed by atoms with van der Waals surface area (Å²) in [5.41, 5.74) is 1.74. The zero-order valence-corrected chi connectivity index (χ0v) is 20.1. The Bertz CT molecular complexity index is 934. The van der Waals surface area contributed by atoms with Gasteiger partial charge in [-0.1, -0.05) is 37.6 Å². The molecule has 2 heterocycles. The topological polar surface area (TPSA) is 78.5 Å². The highest BCUT2D eigenvalue weighted by Crippen LogP contribution is 2.24. The Morgan fingerprint density at radius 3 is 2.34 bits per heavy atom. The second-order valence-corrected chi connectivity index (χ2v) is 9.92. The van der Waals surface area contributed by atoms with Crippen molar-refractivity contribution in [2.45, 2.75) is 52.6 Å². The van der Waals surface area contributed by atoms with Crippen molar-refractivity contribution in [1.29, 1.82) is 0 Å². The number of aryl methyl sites for hydroxylation is 1. The SMILES string of the molecule is Cc1cccc(C(=O)N2CCC([C@@H](NC(=O)c3cccs3)C(=O)N[C@H](C)C(C)C)CC2)c1. The van der Waals surface area contributed by atoms with Crippen LogP contribution < -0.4 is 10.6 Å². The number of carbonyl (C=O) groups is 3. The van der Waals surface area contributed by atoms with E-state index in [9.17, 15) is 14.4 Å². The lowest BCUT2D eigenvalue weighted by Crippen LogP contribution is -2.55. The van der Waals surface area contributed by atoms with E-state index in [2.05, 4.69) is 24.5 Å². The fourth-order valence-corrected chi connectivity index (χ4v) is 4.52. The lowest BCUT2D eigenvalue weighted by Gasteiger charge is -2.36. The van der Waals surface area contributed by atoms with E-state index in [1.807, 2.05) is 54.5 Å². The first-order valence-corrected chi connectivity index (χ1v) is 12.1. The first-order chi connectivity index (χ1) is 15.3. The Kier molecular flexibility index (Phi) is 8.07. The first-order valence-electron chi connectivity index (χ1n) is 11.3. The molecule has 0 unspecified atom stereocenters. The minimum Gasteiger partial charge on any atom is -0.352 e. The molecule has 2 aromatic rings. The van der Waals surface area contributed by atoms with Gasteiger partial charge >= 0.3 is 0 Å². The molecule has 1 aliphatic heterocycles. The average Bonchev–Trinajstić information content (AvgIpc) is 3.32. The van der Waals surface area contributed by atoms with Crippen molar-refractivity contribution in [3.8, 4) is 0 Å². The van der Waals surface area contributed by atoms with Gasteiger partial charge in [0.15, 0.2) is 0 Å². The Balaban J connectivity index is 1.69. The van der Waals surface area contributed by atoms with Crippen molar-refractivity contribution in [1.82, 2.24) is 15.5 Å². The molecular weight excluding hydrogens is 422 g/mol. The molecule has 2 N–H and O–H groups in total. The van der Waals surface area contributed by atoms with E-state index < -0.39 is 6.04 Å². The molecule has 1 aromatic carbocycles. The van der Waals surface area contributed by atoms with Gasteiger partial charge in [0.25, 0.3) is 11.8 Å². The minimum absolute atomic E-state index is 0.00614. The van der Waals surface area contributed by atoms with Crippen LogP contribution in [0.2, 0.25) is 0 Å². The van der Waals surface area contributed by atoms with Crippen LogP contribution in [0.3, 0.4) is 0 Å². The number of hydrogen-bond acceptors (Lipinski definition) is 4. The summed E-state index contributed by atoms with van der Waals surface area (Å²) in [5, 5.41) is 7.88. The van der Waals surface area contributed by atoms with Crippen LogP contribution in [0.4, 0.5) is 0 Å². The van der Waals surface area contributed by atoms with Gasteiger partial charge in [0, 0.05) is 24.7 Å². The van der Waals surface area contributed by atoms with E-state index in [4.69, 9.17) is 0 Å². The number of rotatable bonds is 7. The largest absolute Gasteiger partial charge is 0.352 e. The van der Waals surface area contributed by atoms with Gasteiger partial charge in [-0.2, -0.15) is 0 Å². The summed E-state index contributed by atoms with van der Waals surface area (Å²) in [6, 6.07) is 10.6. The van der Waals surface area contributed by atoms with E-state index in [1.54, 1.807) is 6.07 Å². The van der Waals surface area contributed by atoms with Gasteiger partial charge in [0.2, 0.25) is 5.91 Å². The molecule has 0 radical (unpaired) electrons. The third-order valence-electron chi connectivity index (χ3n) is 6.25. The molecule has 0 bridgehead atoms. The molecule has 7 heteroatoms. The molecule has 1 aromatic heterocycles. The molecule has 0 saturated carbocycles. The first kappa shape index (κ1) is 24.0. The molecule has 6 nitrogen and oxygen atoms in total. The number of nitrogens with one attached hydrogen (secondary N) is 2. The van der Waals surface area contributed by atoms with Gasteiger partial charge in [-0.05, 0) is 62.1 Å². The maximum absolute atomic E-state index is 13.1. The highest BCUT2D eigenvalue weighted by atomic mass is 32.1. The zero-order chi connectivity index (χ0) is 23.3. The lowest BCUT2D eigenvalue weighted by atomic mass is 9.88. The summed E-state index contributed by atoms with van der Waals surface area (Å²) < 4.78 is 0. The van der Waals surface area contributed by atoms with E-state index in [-0.39, 0.29) is 29.7 Å². The highest BCUT2D eigenvalue weighted by molar-refractivity contribution is 7.12. The van der Waals surface area contributed by atoms with E-state index >= 15 is 0 Å². The Morgan fingerprint density at radius 1 is 1.03 bits per heavy atom. The Morgan fingerprint density at radius 2 is 1.75 bits per heavy atom. The van der Waals surface area contributed by atoms with E-state index in [0.29, 0.717) is 42.3 Å². The fraction of sp³-hybridized carbons (Fsp3) is 0.480. The summed E-state index contributed by atoms with van der Waals surface area (Å²) in [4.78, 5) is 41.2. The Hall–Kier alpha value is -2.67. The normalized spacial score (nSPS) is 16.5. The number of piperidine rings is 1. The van der Waals surface area contributed by atoms with Crippen LogP contribution in [0.15, 0.2) is 41.8 Å². The predicted molar refractivity (Wildman–Crippen MR) is 128 cm³/mol. The summed E-state index contributed by atoms with van der Waals surface area (Å²) in [5.74, 6) is -0.0967. The maximum Gasteiger partial charge on any atom is 0.262 e. The van der Waals surface area contributed by atoms with Crippen LogP contribution in [0.5, 0.6) is 0 Å². The number of thiophene rings is 1. The minimum atomic E-state index is -0.623. The molecule has 1 fully saturated rings. The van der Waals surface area contributed by atoms with Crippen LogP contribution in [-0.4, -0.2) is 47.8 Å². The number of benzene rings is 1. The second-order valence-electron chi connectivity index (χ2n) is 8.97. The zero-order valence-electron chi connectivity index (χ0n) is 19.3. The van der Waals surface area contributed by atoms with Crippen molar-refractivity contribution in [3.63, 3.8) is 0 Å². The van der Waals surface area contributed by atoms with Crippen LogP contribution in [0.1, 0.15) is 59.2 Å². The van der Waals surface area contributed by atoms with Gasteiger partial charge in [-0.3, -0.25) is 14.4 Å². The third kappa shape index (κ3) is 5.97. The molecule has 0 aliphatic carbocycles. The summed E-state index contributed by atoms with van der Waals surface area (Å²) >= 11 is 1.36. The average molecular weight is 456 g/mol. The number of likely N-dealkylation sites (tertiary alicyclic amines) is 1. The van der Waals surface area contributed by atoms with Crippen LogP contribution >= 0.6 is 11.3 Å². The van der Waals surface area contributed by atoms with Gasteiger partial charge < -0.3 is 15.5 Å².